The van der Waals surface area contributed by atoms with Gasteiger partial charge in [0.1, 0.15) is 6.55 Å². The maximum atomic E-state index is 12.7. The van der Waals surface area contributed by atoms with Crippen molar-refractivity contribution < 1.29 is 35.2 Å². The van der Waals surface area contributed by atoms with Crippen molar-refractivity contribution in [1.82, 2.24) is 0 Å². The van der Waals surface area contributed by atoms with Crippen LogP contribution in [0.5, 0.6) is 0 Å². The van der Waals surface area contributed by atoms with E-state index < -0.39 is 33.4 Å². The fourth-order valence-electron chi connectivity index (χ4n) is 0.854. The van der Waals surface area contributed by atoms with Crippen LogP contribution < -0.4 is 0 Å². The molecule has 0 aliphatic rings. The highest BCUT2D eigenvalue weighted by atomic mass is 28.3. The number of hydrogen-bond acceptors (Lipinski definition) is 6. The first-order valence-electron chi connectivity index (χ1n) is 6.24. The highest BCUT2D eigenvalue weighted by Gasteiger charge is 2.51. The van der Waals surface area contributed by atoms with Crippen molar-refractivity contribution in [2.45, 2.75) is 46.6 Å². The minimum absolute atomic E-state index is 0.191. The van der Waals surface area contributed by atoms with Crippen LogP contribution in [0.15, 0.2) is 20.4 Å². The van der Waals surface area contributed by atoms with E-state index in [-0.39, 0.29) is 11.4 Å². The summed E-state index contributed by atoms with van der Waals surface area (Å²) in [5.41, 5.74) is 0.382. The van der Waals surface area contributed by atoms with E-state index in [0.29, 0.717) is 0 Å². The Morgan fingerprint density at radius 3 is 1.17 bits per heavy atom. The predicted molar refractivity (Wildman–Crippen MR) is 78.3 cm³/mol. The predicted octanol–water partition coefficient (Wildman–Crippen LogP) is 3.85. The van der Waals surface area contributed by atoms with Crippen LogP contribution in [0.25, 0.3) is 0 Å². The van der Waals surface area contributed by atoms with Crippen LogP contribution in [-0.4, -0.2) is 44.9 Å². The molecular weight excluding hydrogens is 362 g/mol. The lowest BCUT2D eigenvalue weighted by Gasteiger charge is -2.08. The Kier molecular flexibility index (Phi) is 8.09. The third-order valence-corrected chi connectivity index (χ3v) is 2.61. The summed E-state index contributed by atoms with van der Waals surface area (Å²) < 4.78 is 85.0. The molecule has 0 unspecified atom stereocenters. The number of nitrogens with zero attached hydrogens (tertiary/aromatic N) is 4. The molecule has 0 radical (unpaired) electrons. The SMILES string of the molecule is CC(C)=N/N=C(/O[Si+](C)O/C(=N/N=C(C)C)C(F)(F)F)C(F)(F)F. The van der Waals surface area contributed by atoms with Crippen LogP contribution >= 0.6 is 0 Å². The highest BCUT2D eigenvalue weighted by Crippen LogP contribution is 2.22. The molecule has 0 N–H and O–H groups in total. The Morgan fingerprint density at radius 2 is 0.958 bits per heavy atom. The van der Waals surface area contributed by atoms with Crippen LogP contribution in [0, 0.1) is 0 Å². The normalized spacial score (nSPS) is 13.3. The monoisotopic (exact) mass is 377 g/mol. The lowest BCUT2D eigenvalue weighted by atomic mass is 10.5. The van der Waals surface area contributed by atoms with E-state index in [2.05, 4.69) is 29.3 Å². The summed E-state index contributed by atoms with van der Waals surface area (Å²) in [7, 11) is -3.09. The van der Waals surface area contributed by atoms with Crippen molar-refractivity contribution in [3.8, 4) is 0 Å². The molecule has 136 valence electrons. The lowest BCUT2D eigenvalue weighted by molar-refractivity contribution is -0.0757. The van der Waals surface area contributed by atoms with Crippen molar-refractivity contribution in [2.24, 2.45) is 20.4 Å². The third-order valence-electron chi connectivity index (χ3n) is 1.65. The zero-order valence-electron chi connectivity index (χ0n) is 13.4. The second-order valence-corrected chi connectivity index (χ2v) is 5.99. The van der Waals surface area contributed by atoms with Gasteiger partial charge in [0.25, 0.3) is 0 Å². The summed E-state index contributed by atoms with van der Waals surface area (Å²) in [4.78, 5) is 0. The van der Waals surface area contributed by atoms with Crippen LogP contribution in [0.4, 0.5) is 26.3 Å². The molecular formula is C11H15F6N4O2Si+. The smallest absolute Gasteiger partial charge is 0.293 e. The van der Waals surface area contributed by atoms with Gasteiger partial charge in [-0.25, -0.2) is 0 Å². The number of rotatable bonds is 4. The minimum Gasteiger partial charge on any atom is -0.293 e. The van der Waals surface area contributed by atoms with E-state index in [0.717, 1.165) is 6.55 Å². The number of alkyl halides is 6. The molecule has 0 bridgehead atoms. The second kappa shape index (κ2) is 8.80. The van der Waals surface area contributed by atoms with Crippen LogP contribution in [-0.2, 0) is 8.85 Å². The quantitative estimate of drug-likeness (QED) is 0.246. The molecule has 0 saturated heterocycles. The van der Waals surface area contributed by atoms with Crippen LogP contribution in [0.3, 0.4) is 0 Å². The third kappa shape index (κ3) is 9.27. The molecule has 0 aromatic rings. The summed E-state index contributed by atoms with van der Waals surface area (Å²) in [6.45, 7) is 6.44. The van der Waals surface area contributed by atoms with Crippen LogP contribution in [0.1, 0.15) is 27.7 Å². The van der Waals surface area contributed by atoms with Gasteiger partial charge in [-0.05, 0) is 27.7 Å². The second-order valence-electron chi connectivity index (χ2n) is 4.60. The van der Waals surface area contributed by atoms with Crippen molar-refractivity contribution in [3.63, 3.8) is 0 Å². The first-order valence-corrected chi connectivity index (χ1v) is 8.06. The van der Waals surface area contributed by atoms with E-state index in [4.69, 9.17) is 0 Å². The molecule has 0 amide bonds. The standard InChI is InChI=1S/C11H15F6N4O2Si/c1-6(2)18-20-8(10(12,13)14)22-24(5)23-9(11(15,16)17)21-19-7(3)4/h1-5H3/q+1/b20-8+,21-9+. The summed E-state index contributed by atoms with van der Waals surface area (Å²) >= 11 is 0. The topological polar surface area (TPSA) is 67.9 Å². The zero-order chi connectivity index (χ0) is 19.1. The van der Waals surface area contributed by atoms with Crippen molar-refractivity contribution in [3.05, 3.63) is 0 Å². The fourth-order valence-corrected chi connectivity index (χ4v) is 1.75. The lowest BCUT2D eigenvalue weighted by Crippen LogP contribution is -2.37. The fraction of sp³-hybridized carbons (Fsp3) is 0.636. The van der Waals surface area contributed by atoms with Gasteiger partial charge in [0.2, 0.25) is 0 Å². The van der Waals surface area contributed by atoms with E-state index in [9.17, 15) is 26.3 Å². The molecule has 6 nitrogen and oxygen atoms in total. The molecule has 0 aliphatic heterocycles. The summed E-state index contributed by atoms with van der Waals surface area (Å²) in [5, 5.41) is 12.0. The molecule has 24 heavy (non-hydrogen) atoms. The largest absolute Gasteiger partial charge is 0.779 e. The van der Waals surface area contributed by atoms with E-state index in [1.54, 1.807) is 0 Å². The average molecular weight is 377 g/mol. The molecule has 0 heterocycles. The zero-order valence-corrected chi connectivity index (χ0v) is 14.4. The van der Waals surface area contributed by atoms with Gasteiger partial charge >= 0.3 is 33.4 Å². The summed E-state index contributed by atoms with van der Waals surface area (Å²) in [5.74, 6) is -3.62. The van der Waals surface area contributed by atoms with Crippen molar-refractivity contribution in [2.75, 3.05) is 0 Å². The van der Waals surface area contributed by atoms with Gasteiger partial charge in [-0.15, -0.1) is 10.2 Å². The van der Waals surface area contributed by atoms with Gasteiger partial charge in [-0.1, -0.05) is 0 Å². The molecule has 13 heteroatoms. The van der Waals surface area contributed by atoms with E-state index in [1.165, 1.54) is 27.7 Å². The molecule has 0 spiro atoms. The van der Waals surface area contributed by atoms with Crippen LogP contribution in [0.2, 0.25) is 6.55 Å². The number of halogens is 6. The van der Waals surface area contributed by atoms with Gasteiger partial charge in [0, 0.05) is 11.4 Å². The maximum absolute atomic E-state index is 12.7. The van der Waals surface area contributed by atoms with Crippen molar-refractivity contribution in [1.29, 1.82) is 0 Å². The van der Waals surface area contributed by atoms with E-state index in [1.807, 2.05) is 0 Å². The molecule has 0 rings (SSSR count). The van der Waals surface area contributed by atoms with Gasteiger partial charge in [-0.2, -0.15) is 36.5 Å². The molecule has 0 atom stereocenters. The average Bonchev–Trinajstić information content (AvgIpc) is 2.36. The van der Waals surface area contributed by atoms with Gasteiger partial charge in [0.05, 0.1) is 0 Å². The number of hydrogen-bond donors (Lipinski definition) is 0. The molecule has 0 aliphatic carbocycles. The Morgan fingerprint density at radius 1 is 0.667 bits per heavy atom. The molecule has 0 aromatic heterocycles. The Hall–Kier alpha value is -1.92. The minimum atomic E-state index is -5.04. The Balaban J connectivity index is 5.34. The van der Waals surface area contributed by atoms with E-state index >= 15 is 0 Å². The first-order chi connectivity index (χ1) is 10.7. The molecule has 0 aromatic carbocycles. The summed E-state index contributed by atoms with van der Waals surface area (Å²) in [6.07, 6.45) is -10.1. The van der Waals surface area contributed by atoms with Gasteiger partial charge in [0.15, 0.2) is 0 Å². The van der Waals surface area contributed by atoms with Gasteiger partial charge in [-0.3, -0.25) is 8.85 Å². The maximum Gasteiger partial charge on any atom is 0.779 e. The highest BCUT2D eigenvalue weighted by molar-refractivity contribution is 6.48. The Bertz CT molecular complexity index is 498. The Labute approximate surface area is 135 Å². The van der Waals surface area contributed by atoms with Crippen molar-refractivity contribution >= 4 is 32.5 Å². The first kappa shape index (κ1) is 22.1. The molecule has 0 saturated carbocycles. The summed E-state index contributed by atoms with van der Waals surface area (Å²) in [6, 6.07) is 0. The molecule has 0 fully saturated rings. The van der Waals surface area contributed by atoms with Gasteiger partial charge < -0.3 is 0 Å².